The van der Waals surface area contributed by atoms with E-state index in [9.17, 15) is 0 Å². The summed E-state index contributed by atoms with van der Waals surface area (Å²) in [6.07, 6.45) is 2.81. The van der Waals surface area contributed by atoms with E-state index in [4.69, 9.17) is 0 Å². The molecule has 2 heterocycles. The van der Waals surface area contributed by atoms with Crippen molar-refractivity contribution >= 4 is 32.6 Å². The third-order valence-electron chi connectivity index (χ3n) is 2.72. The van der Waals surface area contributed by atoms with Crippen LogP contribution in [0.4, 0.5) is 5.13 Å². The maximum Gasteiger partial charge on any atom is 0.204 e. The minimum Gasteiger partial charge on any atom is -0.346 e. The molecule has 5 heteroatoms. The Kier molecular flexibility index (Phi) is 2.79. The van der Waals surface area contributed by atoms with Gasteiger partial charge in [-0.3, -0.25) is 0 Å². The number of nitrogens with zero attached hydrogens (tertiary/aromatic N) is 3. The molecule has 1 atom stereocenters. The van der Waals surface area contributed by atoms with E-state index < -0.39 is 0 Å². The number of halogens is 1. The Labute approximate surface area is 96.8 Å². The highest BCUT2D eigenvalue weighted by atomic mass is 79.9. The largest absolute Gasteiger partial charge is 0.346 e. The van der Waals surface area contributed by atoms with Gasteiger partial charge in [-0.2, -0.15) is 4.37 Å². The average molecular weight is 276 g/mol. The highest BCUT2D eigenvalue weighted by Crippen LogP contribution is 2.36. The van der Waals surface area contributed by atoms with E-state index in [0.29, 0.717) is 10.2 Å². The second-order valence-corrected chi connectivity index (χ2v) is 6.25. The van der Waals surface area contributed by atoms with Gasteiger partial charge in [-0.15, -0.1) is 0 Å². The lowest BCUT2D eigenvalue weighted by molar-refractivity contribution is 0.310. The molecule has 0 aromatic carbocycles. The summed E-state index contributed by atoms with van der Waals surface area (Å²) >= 11 is 5.22. The van der Waals surface area contributed by atoms with Crippen LogP contribution in [0.5, 0.6) is 0 Å². The Balaban J connectivity index is 2.11. The zero-order chi connectivity index (χ0) is 10.2. The number of aromatic nitrogens is 2. The zero-order valence-corrected chi connectivity index (χ0v) is 10.8. The average Bonchev–Trinajstić information content (AvgIpc) is 2.62. The van der Waals surface area contributed by atoms with Crippen LogP contribution < -0.4 is 4.90 Å². The van der Waals surface area contributed by atoms with Crippen LogP contribution in [0.2, 0.25) is 0 Å². The minimum atomic E-state index is 0.309. The number of rotatable bonds is 1. The van der Waals surface area contributed by atoms with Crippen molar-refractivity contribution in [2.24, 2.45) is 5.41 Å². The van der Waals surface area contributed by atoms with Crippen molar-refractivity contribution in [2.45, 2.75) is 25.1 Å². The van der Waals surface area contributed by atoms with Crippen LogP contribution in [-0.4, -0.2) is 27.3 Å². The molecule has 1 aliphatic heterocycles. The monoisotopic (exact) mass is 275 g/mol. The second-order valence-electron chi connectivity index (χ2n) is 4.39. The predicted octanol–water partition coefficient (Wildman–Crippen LogP) is 2.54. The van der Waals surface area contributed by atoms with Crippen molar-refractivity contribution in [1.82, 2.24) is 9.36 Å². The molecule has 1 unspecified atom stereocenters. The second kappa shape index (κ2) is 3.77. The molecule has 14 heavy (non-hydrogen) atoms. The SMILES string of the molecule is CC1(C)CN(c2ncns2)CCC1Br. The van der Waals surface area contributed by atoms with E-state index in [-0.39, 0.29) is 0 Å². The highest BCUT2D eigenvalue weighted by molar-refractivity contribution is 9.09. The van der Waals surface area contributed by atoms with Gasteiger partial charge >= 0.3 is 0 Å². The summed E-state index contributed by atoms with van der Waals surface area (Å²) in [5, 5.41) is 1.05. The molecule has 0 aliphatic carbocycles. The highest BCUT2D eigenvalue weighted by Gasteiger charge is 2.34. The van der Waals surface area contributed by atoms with Gasteiger partial charge in [0.2, 0.25) is 5.13 Å². The van der Waals surface area contributed by atoms with Gasteiger partial charge in [-0.25, -0.2) is 4.98 Å². The maximum absolute atomic E-state index is 4.25. The molecule has 0 bridgehead atoms. The van der Waals surface area contributed by atoms with Crippen LogP contribution in [0.1, 0.15) is 20.3 Å². The zero-order valence-electron chi connectivity index (χ0n) is 8.40. The molecule has 2 rings (SSSR count). The van der Waals surface area contributed by atoms with Crippen LogP contribution in [0, 0.1) is 5.41 Å². The molecule has 0 spiro atoms. The number of alkyl halides is 1. The number of hydrogen-bond donors (Lipinski definition) is 0. The fourth-order valence-electron chi connectivity index (χ4n) is 1.80. The summed E-state index contributed by atoms with van der Waals surface area (Å²) in [6.45, 7) is 6.71. The Hall–Kier alpha value is -0.160. The molecule has 0 radical (unpaired) electrons. The summed E-state index contributed by atoms with van der Waals surface area (Å²) < 4.78 is 4.04. The fourth-order valence-corrected chi connectivity index (χ4v) is 2.70. The Morgan fingerprint density at radius 2 is 2.43 bits per heavy atom. The summed E-state index contributed by atoms with van der Waals surface area (Å²) in [5.41, 5.74) is 0.309. The van der Waals surface area contributed by atoms with Gasteiger partial charge in [-0.05, 0) is 11.8 Å². The van der Waals surface area contributed by atoms with Gasteiger partial charge in [0.15, 0.2) is 0 Å². The van der Waals surface area contributed by atoms with E-state index in [0.717, 1.165) is 18.2 Å². The van der Waals surface area contributed by atoms with E-state index in [1.165, 1.54) is 18.0 Å². The number of anilines is 1. The summed E-state index contributed by atoms with van der Waals surface area (Å²) in [4.78, 5) is 7.19. The van der Waals surface area contributed by atoms with E-state index >= 15 is 0 Å². The summed E-state index contributed by atoms with van der Waals surface area (Å²) in [5.74, 6) is 0. The molecule has 1 aliphatic rings. The number of hydrogen-bond acceptors (Lipinski definition) is 4. The smallest absolute Gasteiger partial charge is 0.204 e. The van der Waals surface area contributed by atoms with Crippen LogP contribution >= 0.6 is 27.5 Å². The maximum atomic E-state index is 4.25. The van der Waals surface area contributed by atoms with E-state index in [2.05, 4.69) is 44.0 Å². The molecule has 0 N–H and O–H groups in total. The van der Waals surface area contributed by atoms with Crippen LogP contribution in [0.3, 0.4) is 0 Å². The molecule has 1 fully saturated rings. The predicted molar refractivity (Wildman–Crippen MR) is 63.2 cm³/mol. The molecule has 0 saturated carbocycles. The van der Waals surface area contributed by atoms with Gasteiger partial charge in [-0.1, -0.05) is 29.8 Å². The molecular weight excluding hydrogens is 262 g/mol. The third kappa shape index (κ3) is 1.93. The molecule has 0 amide bonds. The first-order valence-electron chi connectivity index (χ1n) is 4.75. The van der Waals surface area contributed by atoms with Crippen molar-refractivity contribution < 1.29 is 0 Å². The molecule has 1 saturated heterocycles. The van der Waals surface area contributed by atoms with Crippen molar-refractivity contribution in [3.8, 4) is 0 Å². The van der Waals surface area contributed by atoms with Crippen LogP contribution in [0.25, 0.3) is 0 Å². The summed E-state index contributed by atoms with van der Waals surface area (Å²) in [7, 11) is 0. The van der Waals surface area contributed by atoms with E-state index in [1.807, 2.05) is 0 Å². The van der Waals surface area contributed by atoms with Gasteiger partial charge in [0.25, 0.3) is 0 Å². The molecule has 1 aromatic rings. The molecule has 78 valence electrons. The normalized spacial score (nSPS) is 26.5. The lowest BCUT2D eigenvalue weighted by Gasteiger charge is -2.41. The Bertz CT molecular complexity index is 299. The molecule has 1 aromatic heterocycles. The topological polar surface area (TPSA) is 29.0 Å². The summed E-state index contributed by atoms with van der Waals surface area (Å²) in [6, 6.07) is 0. The van der Waals surface area contributed by atoms with E-state index in [1.54, 1.807) is 6.33 Å². The van der Waals surface area contributed by atoms with Gasteiger partial charge < -0.3 is 4.90 Å². The quantitative estimate of drug-likeness (QED) is 0.738. The minimum absolute atomic E-state index is 0.309. The fraction of sp³-hybridized carbons (Fsp3) is 0.778. The van der Waals surface area contributed by atoms with Crippen molar-refractivity contribution in [2.75, 3.05) is 18.0 Å². The van der Waals surface area contributed by atoms with Crippen LogP contribution in [0.15, 0.2) is 6.33 Å². The van der Waals surface area contributed by atoms with Gasteiger partial charge in [0.05, 0.1) is 0 Å². The standard InChI is InChI=1S/C9H14BrN3S/c1-9(2)5-13(4-3-7(9)10)8-11-6-12-14-8/h6-7H,3-5H2,1-2H3. The van der Waals surface area contributed by atoms with Crippen molar-refractivity contribution in [1.29, 1.82) is 0 Å². The molecule has 3 nitrogen and oxygen atoms in total. The Morgan fingerprint density at radius 1 is 1.64 bits per heavy atom. The molecular formula is C9H14BrN3S. The lowest BCUT2D eigenvalue weighted by atomic mass is 9.84. The van der Waals surface area contributed by atoms with Crippen molar-refractivity contribution in [3.05, 3.63) is 6.33 Å². The van der Waals surface area contributed by atoms with Gasteiger partial charge in [0.1, 0.15) is 6.33 Å². The first kappa shape index (κ1) is 10.4. The first-order valence-corrected chi connectivity index (χ1v) is 6.44. The number of piperidine rings is 1. The third-order valence-corrected chi connectivity index (χ3v) is 5.14. The first-order chi connectivity index (χ1) is 6.59. The van der Waals surface area contributed by atoms with Crippen molar-refractivity contribution in [3.63, 3.8) is 0 Å². The lowest BCUT2D eigenvalue weighted by Crippen LogP contribution is -2.46. The van der Waals surface area contributed by atoms with Gasteiger partial charge in [0, 0.05) is 29.4 Å². The Morgan fingerprint density at radius 3 is 3.00 bits per heavy atom. The van der Waals surface area contributed by atoms with Crippen LogP contribution in [-0.2, 0) is 0 Å².